The van der Waals surface area contributed by atoms with Crippen LogP contribution in [0.2, 0.25) is 0 Å². The van der Waals surface area contributed by atoms with Gasteiger partial charge in [-0.15, -0.1) is 0 Å². The van der Waals surface area contributed by atoms with E-state index < -0.39 is 0 Å². The van der Waals surface area contributed by atoms with Gasteiger partial charge < -0.3 is 9.84 Å². The lowest BCUT2D eigenvalue weighted by molar-refractivity contribution is 0.412. The molecule has 2 rings (SSSR count). The van der Waals surface area contributed by atoms with Crippen molar-refractivity contribution in [1.82, 2.24) is 10.5 Å². The zero-order valence-corrected chi connectivity index (χ0v) is 7.36. The maximum atomic E-state index is 4.93. The zero-order valence-electron chi connectivity index (χ0n) is 7.36. The highest BCUT2D eigenvalue weighted by Gasteiger charge is 1.98. The molecule has 0 amide bonds. The molecule has 1 aromatic rings. The SMILES string of the molecule is C1=C(/C=C\c2ccno2)NCCC1. The molecular weight excluding hydrogens is 164 g/mol. The molecule has 0 atom stereocenters. The first-order chi connectivity index (χ1) is 6.45. The summed E-state index contributed by atoms with van der Waals surface area (Å²) in [7, 11) is 0. The standard InChI is InChI=1S/C10H12N2O/c1-2-7-11-9(3-1)4-5-10-6-8-12-13-10/h3-6,8,11H,1-2,7H2/b5-4-. The Morgan fingerprint density at radius 1 is 1.46 bits per heavy atom. The Hall–Kier alpha value is -1.51. The second-order valence-corrected chi connectivity index (χ2v) is 2.98. The number of nitrogens with one attached hydrogen (secondary N) is 1. The predicted molar refractivity (Wildman–Crippen MR) is 50.9 cm³/mol. The molecule has 0 bridgehead atoms. The van der Waals surface area contributed by atoms with Crippen LogP contribution in [-0.2, 0) is 0 Å². The fourth-order valence-electron chi connectivity index (χ4n) is 1.27. The minimum absolute atomic E-state index is 0.785. The van der Waals surface area contributed by atoms with Gasteiger partial charge in [0.2, 0.25) is 0 Å². The minimum atomic E-state index is 0.785. The molecule has 13 heavy (non-hydrogen) atoms. The number of nitrogens with zero attached hydrogens (tertiary/aromatic N) is 1. The predicted octanol–water partition coefficient (Wildman–Crippen LogP) is 1.96. The molecule has 1 aromatic heterocycles. The summed E-state index contributed by atoms with van der Waals surface area (Å²) in [6.45, 7) is 1.06. The van der Waals surface area contributed by atoms with Crippen LogP contribution in [0, 0.1) is 0 Å². The fourth-order valence-corrected chi connectivity index (χ4v) is 1.27. The summed E-state index contributed by atoms with van der Waals surface area (Å²) in [5.74, 6) is 0.785. The van der Waals surface area contributed by atoms with Gasteiger partial charge in [-0.3, -0.25) is 0 Å². The third kappa shape index (κ3) is 2.21. The second-order valence-electron chi connectivity index (χ2n) is 2.98. The van der Waals surface area contributed by atoms with Crippen LogP contribution in [0.5, 0.6) is 0 Å². The zero-order chi connectivity index (χ0) is 8.93. The van der Waals surface area contributed by atoms with Crippen molar-refractivity contribution in [2.24, 2.45) is 0 Å². The van der Waals surface area contributed by atoms with E-state index in [1.165, 1.54) is 12.1 Å². The average molecular weight is 176 g/mol. The Morgan fingerprint density at radius 3 is 3.15 bits per heavy atom. The van der Waals surface area contributed by atoms with E-state index in [2.05, 4.69) is 16.5 Å². The van der Waals surface area contributed by atoms with Gasteiger partial charge in [0.15, 0.2) is 5.76 Å². The summed E-state index contributed by atoms with van der Waals surface area (Å²) in [5, 5.41) is 6.91. The maximum absolute atomic E-state index is 4.93. The van der Waals surface area contributed by atoms with Crippen LogP contribution in [0.15, 0.2) is 34.6 Å². The van der Waals surface area contributed by atoms with Gasteiger partial charge in [-0.25, -0.2) is 0 Å². The lowest BCUT2D eigenvalue weighted by atomic mass is 10.2. The van der Waals surface area contributed by atoms with Crippen molar-refractivity contribution < 1.29 is 4.52 Å². The Balaban J connectivity index is 2.00. The molecule has 0 fully saturated rings. The van der Waals surface area contributed by atoms with Gasteiger partial charge in [-0.2, -0.15) is 0 Å². The van der Waals surface area contributed by atoms with Gasteiger partial charge in [0.25, 0.3) is 0 Å². The summed E-state index contributed by atoms with van der Waals surface area (Å²) in [5.41, 5.74) is 1.17. The Kier molecular flexibility index (Phi) is 2.45. The summed E-state index contributed by atoms with van der Waals surface area (Å²) in [6, 6.07) is 1.83. The van der Waals surface area contributed by atoms with Gasteiger partial charge in [0, 0.05) is 18.3 Å². The third-order valence-electron chi connectivity index (χ3n) is 1.96. The summed E-state index contributed by atoms with van der Waals surface area (Å²) < 4.78 is 4.93. The smallest absolute Gasteiger partial charge is 0.159 e. The summed E-state index contributed by atoms with van der Waals surface area (Å²) >= 11 is 0. The van der Waals surface area contributed by atoms with Crippen LogP contribution in [0.4, 0.5) is 0 Å². The van der Waals surface area contributed by atoms with Gasteiger partial charge >= 0.3 is 0 Å². The van der Waals surface area contributed by atoms with E-state index in [0.29, 0.717) is 0 Å². The monoisotopic (exact) mass is 176 g/mol. The minimum Gasteiger partial charge on any atom is -0.385 e. The Labute approximate surface area is 77.1 Å². The van der Waals surface area contributed by atoms with Gasteiger partial charge in [0.1, 0.15) is 0 Å². The van der Waals surface area contributed by atoms with Gasteiger partial charge in [0.05, 0.1) is 6.20 Å². The first-order valence-corrected chi connectivity index (χ1v) is 4.48. The second kappa shape index (κ2) is 3.94. The fraction of sp³-hybridized carbons (Fsp3) is 0.300. The molecule has 2 heterocycles. The van der Waals surface area contributed by atoms with Crippen LogP contribution in [-0.4, -0.2) is 11.7 Å². The van der Waals surface area contributed by atoms with E-state index in [1.54, 1.807) is 6.20 Å². The van der Waals surface area contributed by atoms with Crippen LogP contribution in [0.25, 0.3) is 6.08 Å². The largest absolute Gasteiger partial charge is 0.385 e. The number of aromatic nitrogens is 1. The number of hydrogen-bond acceptors (Lipinski definition) is 3. The van der Waals surface area contributed by atoms with Crippen molar-refractivity contribution in [3.63, 3.8) is 0 Å². The molecule has 0 aromatic carbocycles. The van der Waals surface area contributed by atoms with Crippen LogP contribution in [0.3, 0.4) is 0 Å². The van der Waals surface area contributed by atoms with Crippen LogP contribution in [0.1, 0.15) is 18.6 Å². The normalized spacial score (nSPS) is 17.1. The molecule has 0 aliphatic carbocycles. The lowest BCUT2D eigenvalue weighted by Gasteiger charge is -2.11. The van der Waals surface area contributed by atoms with Gasteiger partial charge in [-0.1, -0.05) is 11.2 Å². The van der Waals surface area contributed by atoms with E-state index in [-0.39, 0.29) is 0 Å². The molecule has 3 nitrogen and oxygen atoms in total. The molecule has 0 unspecified atom stereocenters. The summed E-state index contributed by atoms with van der Waals surface area (Å²) in [6.07, 6.45) is 10.1. The van der Waals surface area contributed by atoms with E-state index in [9.17, 15) is 0 Å². The van der Waals surface area contributed by atoms with Crippen LogP contribution < -0.4 is 5.32 Å². The first kappa shape index (κ1) is 8.10. The third-order valence-corrected chi connectivity index (χ3v) is 1.96. The molecule has 0 saturated heterocycles. The molecule has 0 spiro atoms. The topological polar surface area (TPSA) is 38.1 Å². The molecule has 1 aliphatic rings. The summed E-state index contributed by atoms with van der Waals surface area (Å²) in [4.78, 5) is 0. The molecular formula is C10H12N2O. The first-order valence-electron chi connectivity index (χ1n) is 4.48. The number of hydrogen-bond donors (Lipinski definition) is 1. The molecule has 1 N–H and O–H groups in total. The number of rotatable bonds is 2. The lowest BCUT2D eigenvalue weighted by Crippen LogP contribution is -2.16. The van der Waals surface area contributed by atoms with E-state index >= 15 is 0 Å². The highest BCUT2D eigenvalue weighted by Crippen LogP contribution is 2.07. The van der Waals surface area contributed by atoms with Crippen molar-refractivity contribution in [3.8, 4) is 0 Å². The van der Waals surface area contributed by atoms with Crippen LogP contribution >= 0.6 is 0 Å². The van der Waals surface area contributed by atoms with Crippen molar-refractivity contribution >= 4 is 6.08 Å². The maximum Gasteiger partial charge on any atom is 0.159 e. The van der Waals surface area contributed by atoms with E-state index in [1.807, 2.05) is 18.2 Å². The molecule has 0 saturated carbocycles. The number of allylic oxidation sites excluding steroid dienone is 2. The molecule has 3 heteroatoms. The van der Waals surface area contributed by atoms with Crippen molar-refractivity contribution in [2.75, 3.05) is 6.54 Å². The quantitative estimate of drug-likeness (QED) is 0.748. The molecule has 1 aliphatic heterocycles. The van der Waals surface area contributed by atoms with E-state index in [0.717, 1.165) is 18.7 Å². The van der Waals surface area contributed by atoms with Crippen molar-refractivity contribution in [3.05, 3.63) is 35.9 Å². The highest BCUT2D eigenvalue weighted by molar-refractivity contribution is 5.46. The van der Waals surface area contributed by atoms with Gasteiger partial charge in [-0.05, 0) is 25.0 Å². The highest BCUT2D eigenvalue weighted by atomic mass is 16.5. The molecule has 0 radical (unpaired) electrons. The van der Waals surface area contributed by atoms with E-state index in [4.69, 9.17) is 4.52 Å². The Bertz CT molecular complexity index is 312. The Morgan fingerprint density at radius 2 is 2.46 bits per heavy atom. The molecule has 68 valence electrons. The van der Waals surface area contributed by atoms with Crippen molar-refractivity contribution in [2.45, 2.75) is 12.8 Å². The van der Waals surface area contributed by atoms with Crippen molar-refractivity contribution in [1.29, 1.82) is 0 Å². The average Bonchev–Trinajstić information content (AvgIpc) is 2.69.